The molecule has 6 heteroatoms. The number of rotatable bonds is 2. The minimum absolute atomic E-state index is 0.0189. The molecule has 4 aromatic rings. The summed E-state index contributed by atoms with van der Waals surface area (Å²) in [6, 6.07) is 15.1. The highest BCUT2D eigenvalue weighted by atomic mass is 19.1. The van der Waals surface area contributed by atoms with Crippen LogP contribution in [0.2, 0.25) is 0 Å². The molecule has 0 spiro atoms. The Morgan fingerprint density at radius 2 is 1.96 bits per heavy atom. The van der Waals surface area contributed by atoms with Crippen molar-refractivity contribution in [3.63, 3.8) is 0 Å². The molecular weight excluding hydrogens is 329 g/mol. The summed E-state index contributed by atoms with van der Waals surface area (Å²) in [7, 11) is 0. The summed E-state index contributed by atoms with van der Waals surface area (Å²) in [4.78, 5) is 8.25. The third-order valence-corrected chi connectivity index (χ3v) is 5.12. The molecule has 128 valence electrons. The quantitative estimate of drug-likeness (QED) is 0.604. The summed E-state index contributed by atoms with van der Waals surface area (Å²) in [5.41, 5.74) is 9.95. The lowest BCUT2D eigenvalue weighted by Crippen LogP contribution is -2.16. The monoisotopic (exact) mass is 345 g/mol. The van der Waals surface area contributed by atoms with Crippen molar-refractivity contribution in [2.75, 3.05) is 5.73 Å². The van der Waals surface area contributed by atoms with E-state index in [-0.39, 0.29) is 17.8 Å². The Balaban J connectivity index is 1.68. The Hall–Kier alpha value is -3.28. The minimum atomic E-state index is -0.230. The molecule has 2 unspecified atom stereocenters. The Labute approximate surface area is 149 Å². The van der Waals surface area contributed by atoms with Gasteiger partial charge >= 0.3 is 0 Å². The second-order valence-corrected chi connectivity index (χ2v) is 6.61. The van der Waals surface area contributed by atoms with E-state index >= 15 is 0 Å². The molecular formula is C20H16FN5. The first-order valence-electron chi connectivity index (χ1n) is 8.49. The molecule has 0 aliphatic heterocycles. The molecule has 0 saturated heterocycles. The number of benzene rings is 2. The maximum Gasteiger partial charge on any atom is 0.186 e. The van der Waals surface area contributed by atoms with Crippen molar-refractivity contribution in [2.24, 2.45) is 0 Å². The fraction of sp³-hybridized carbons (Fsp3) is 0.150. The summed E-state index contributed by atoms with van der Waals surface area (Å²) >= 11 is 0. The van der Waals surface area contributed by atoms with Crippen LogP contribution in [0.4, 0.5) is 10.2 Å². The molecule has 26 heavy (non-hydrogen) atoms. The fourth-order valence-electron chi connectivity index (χ4n) is 3.97. The first kappa shape index (κ1) is 15.0. The molecule has 5 nitrogen and oxygen atoms in total. The van der Waals surface area contributed by atoms with Gasteiger partial charge in [0.05, 0.1) is 11.4 Å². The van der Waals surface area contributed by atoms with Crippen molar-refractivity contribution in [1.82, 2.24) is 19.7 Å². The van der Waals surface area contributed by atoms with E-state index in [9.17, 15) is 4.39 Å². The van der Waals surface area contributed by atoms with Crippen LogP contribution in [0, 0.1) is 5.82 Å². The van der Waals surface area contributed by atoms with Gasteiger partial charge in [-0.25, -0.2) is 14.4 Å². The van der Waals surface area contributed by atoms with Crippen LogP contribution < -0.4 is 5.73 Å². The highest BCUT2D eigenvalue weighted by molar-refractivity contribution is 5.84. The summed E-state index contributed by atoms with van der Waals surface area (Å²) in [5, 5.41) is 5.37. The Morgan fingerprint density at radius 3 is 2.81 bits per heavy atom. The fourth-order valence-corrected chi connectivity index (χ4v) is 3.97. The van der Waals surface area contributed by atoms with Gasteiger partial charge in [0.1, 0.15) is 18.0 Å². The van der Waals surface area contributed by atoms with Gasteiger partial charge < -0.3 is 5.73 Å². The zero-order valence-electron chi connectivity index (χ0n) is 13.9. The Bertz CT molecular complexity index is 1120. The van der Waals surface area contributed by atoms with E-state index in [1.807, 2.05) is 29.1 Å². The SMILES string of the molecule is Nc1ncnc2nn(C3Cc4ccccc4C3c3cccc(F)c3)cc12. The highest BCUT2D eigenvalue weighted by Crippen LogP contribution is 2.45. The number of hydrogen-bond acceptors (Lipinski definition) is 4. The van der Waals surface area contributed by atoms with Crippen LogP contribution in [0.5, 0.6) is 0 Å². The summed E-state index contributed by atoms with van der Waals surface area (Å²) in [6.45, 7) is 0. The zero-order chi connectivity index (χ0) is 17.7. The van der Waals surface area contributed by atoms with Gasteiger partial charge in [-0.05, 0) is 35.2 Å². The lowest BCUT2D eigenvalue weighted by Gasteiger charge is -2.21. The minimum Gasteiger partial charge on any atom is -0.383 e. The first-order chi connectivity index (χ1) is 12.7. The van der Waals surface area contributed by atoms with Crippen molar-refractivity contribution in [1.29, 1.82) is 0 Å². The van der Waals surface area contributed by atoms with Crippen LogP contribution in [0.15, 0.2) is 61.1 Å². The number of anilines is 1. The zero-order valence-corrected chi connectivity index (χ0v) is 13.9. The molecule has 2 atom stereocenters. The standard InChI is InChI=1S/C20H16FN5/c21-14-6-3-5-13(8-14)18-15-7-2-1-4-12(15)9-17(18)26-10-16-19(22)23-11-24-20(16)25-26/h1-8,10-11,17-18H,9H2,(H2,22,23,24,25). The molecule has 0 radical (unpaired) electrons. The van der Waals surface area contributed by atoms with Crippen LogP contribution in [-0.2, 0) is 6.42 Å². The molecule has 5 rings (SSSR count). The molecule has 2 aromatic heterocycles. The van der Waals surface area contributed by atoms with E-state index in [0.717, 1.165) is 17.4 Å². The molecule has 0 saturated carbocycles. The van der Waals surface area contributed by atoms with Crippen LogP contribution in [-0.4, -0.2) is 19.7 Å². The number of nitrogens with two attached hydrogens (primary N) is 1. The molecule has 0 fully saturated rings. The van der Waals surface area contributed by atoms with Gasteiger partial charge in [0.25, 0.3) is 0 Å². The predicted octanol–water partition coefficient (Wildman–Crippen LogP) is 3.48. The number of nitrogens with zero attached hydrogens (tertiary/aromatic N) is 4. The van der Waals surface area contributed by atoms with E-state index in [2.05, 4.69) is 27.2 Å². The predicted molar refractivity (Wildman–Crippen MR) is 97.2 cm³/mol. The van der Waals surface area contributed by atoms with Crippen molar-refractivity contribution in [3.8, 4) is 0 Å². The van der Waals surface area contributed by atoms with E-state index in [1.165, 1.54) is 23.5 Å². The van der Waals surface area contributed by atoms with E-state index in [0.29, 0.717) is 11.5 Å². The van der Waals surface area contributed by atoms with Gasteiger partial charge in [-0.15, -0.1) is 0 Å². The van der Waals surface area contributed by atoms with Gasteiger partial charge in [0.2, 0.25) is 0 Å². The molecule has 2 aromatic carbocycles. The average molecular weight is 345 g/mol. The second-order valence-electron chi connectivity index (χ2n) is 6.61. The van der Waals surface area contributed by atoms with Crippen LogP contribution >= 0.6 is 0 Å². The number of halogens is 1. The molecule has 1 aliphatic carbocycles. The van der Waals surface area contributed by atoms with Gasteiger partial charge in [-0.2, -0.15) is 5.10 Å². The molecule has 2 heterocycles. The van der Waals surface area contributed by atoms with Gasteiger partial charge in [-0.3, -0.25) is 4.68 Å². The Morgan fingerprint density at radius 1 is 1.08 bits per heavy atom. The maximum atomic E-state index is 13.9. The number of aromatic nitrogens is 4. The van der Waals surface area contributed by atoms with Crippen molar-refractivity contribution < 1.29 is 4.39 Å². The Kier molecular flexibility index (Phi) is 3.25. The summed E-state index contributed by atoms with van der Waals surface area (Å²) < 4.78 is 15.8. The van der Waals surface area contributed by atoms with Gasteiger partial charge in [0.15, 0.2) is 5.65 Å². The van der Waals surface area contributed by atoms with Crippen LogP contribution in [0.1, 0.15) is 28.7 Å². The number of hydrogen-bond donors (Lipinski definition) is 1. The van der Waals surface area contributed by atoms with Gasteiger partial charge in [0, 0.05) is 12.1 Å². The summed E-state index contributed by atoms with van der Waals surface area (Å²) in [5.74, 6) is 0.204. The van der Waals surface area contributed by atoms with E-state index in [4.69, 9.17) is 5.73 Å². The lowest BCUT2D eigenvalue weighted by molar-refractivity contribution is 0.438. The normalized spacial score (nSPS) is 19.0. The molecule has 0 bridgehead atoms. The van der Waals surface area contributed by atoms with Crippen molar-refractivity contribution in [2.45, 2.75) is 18.4 Å². The summed E-state index contributed by atoms with van der Waals surface area (Å²) in [6.07, 6.45) is 4.13. The van der Waals surface area contributed by atoms with E-state index in [1.54, 1.807) is 12.1 Å². The van der Waals surface area contributed by atoms with Crippen molar-refractivity contribution >= 4 is 16.9 Å². The van der Waals surface area contributed by atoms with E-state index < -0.39 is 0 Å². The second kappa shape index (κ2) is 5.62. The number of nitrogen functional groups attached to an aromatic ring is 1. The first-order valence-corrected chi connectivity index (χ1v) is 8.49. The van der Waals surface area contributed by atoms with Crippen molar-refractivity contribution in [3.05, 3.63) is 83.6 Å². The molecule has 1 aliphatic rings. The third-order valence-electron chi connectivity index (χ3n) is 5.12. The number of fused-ring (bicyclic) bond motifs is 2. The van der Waals surface area contributed by atoms with Crippen LogP contribution in [0.25, 0.3) is 11.0 Å². The van der Waals surface area contributed by atoms with Crippen LogP contribution in [0.3, 0.4) is 0 Å². The highest BCUT2D eigenvalue weighted by Gasteiger charge is 2.35. The average Bonchev–Trinajstić information content (AvgIpc) is 3.24. The third kappa shape index (κ3) is 2.26. The smallest absolute Gasteiger partial charge is 0.186 e. The van der Waals surface area contributed by atoms with Gasteiger partial charge in [-0.1, -0.05) is 36.4 Å². The molecule has 2 N–H and O–H groups in total. The maximum absolute atomic E-state index is 13.9. The molecule has 0 amide bonds. The largest absolute Gasteiger partial charge is 0.383 e. The topological polar surface area (TPSA) is 69.6 Å². The lowest BCUT2D eigenvalue weighted by atomic mass is 9.90.